The van der Waals surface area contributed by atoms with E-state index in [2.05, 4.69) is 0 Å². The van der Waals surface area contributed by atoms with Crippen LogP contribution in [0.1, 0.15) is 39.4 Å². The van der Waals surface area contributed by atoms with Crippen molar-refractivity contribution < 1.29 is 8.78 Å². The molecule has 0 fully saturated rings. The average molecular weight is 227 g/mol. The zero-order valence-corrected chi connectivity index (χ0v) is 10.5. The van der Waals surface area contributed by atoms with Gasteiger partial charge < -0.3 is 5.73 Å². The maximum absolute atomic E-state index is 12.7. The number of alkyl halides is 2. The summed E-state index contributed by atoms with van der Waals surface area (Å²) in [7, 11) is 0. The largest absolute Gasteiger partial charge is 0.319 e. The van der Waals surface area contributed by atoms with Crippen LogP contribution in [0.25, 0.3) is 0 Å². The second-order valence-electron chi connectivity index (χ2n) is 4.40. The van der Waals surface area contributed by atoms with Gasteiger partial charge in [0.1, 0.15) is 0 Å². The molecule has 0 bridgehead atoms. The van der Waals surface area contributed by atoms with E-state index in [1.807, 2.05) is 34.6 Å². The molecular weight excluding hydrogens is 208 g/mol. The Morgan fingerprint density at radius 1 is 0.750 bits per heavy atom. The van der Waals surface area contributed by atoms with Crippen LogP contribution in [0.15, 0.2) is 0 Å². The van der Waals surface area contributed by atoms with E-state index in [-0.39, 0.29) is 0 Å². The van der Waals surface area contributed by atoms with E-state index >= 15 is 0 Å². The summed E-state index contributed by atoms with van der Waals surface area (Å²) < 4.78 is 25.4. The van der Waals surface area contributed by atoms with Gasteiger partial charge in [-0.3, -0.25) is 0 Å². The van der Waals surface area contributed by atoms with E-state index in [4.69, 9.17) is 5.73 Å². The van der Waals surface area contributed by atoms with Crippen LogP contribution in [0.5, 0.6) is 0 Å². The fraction of sp³-hybridized carbons (Fsp3) is 0.538. The Morgan fingerprint density at radius 2 is 1.06 bits per heavy atom. The third-order valence-corrected chi connectivity index (χ3v) is 3.66. The van der Waals surface area contributed by atoms with E-state index in [1.54, 1.807) is 0 Å². The molecule has 0 heterocycles. The van der Waals surface area contributed by atoms with Crippen LogP contribution < -0.4 is 5.73 Å². The summed E-state index contributed by atoms with van der Waals surface area (Å²) in [6.07, 6.45) is -2.51. The van der Waals surface area contributed by atoms with Crippen LogP contribution in [-0.2, 0) is 0 Å². The molecule has 0 saturated heterocycles. The van der Waals surface area contributed by atoms with Gasteiger partial charge in [-0.1, -0.05) is 0 Å². The van der Waals surface area contributed by atoms with Crippen molar-refractivity contribution in [1.82, 2.24) is 0 Å². The summed E-state index contributed by atoms with van der Waals surface area (Å²) in [6, 6.07) is -1.18. The highest BCUT2D eigenvalue weighted by molar-refractivity contribution is 5.50. The van der Waals surface area contributed by atoms with Gasteiger partial charge in [0.15, 0.2) is 0 Å². The molecule has 0 amide bonds. The van der Waals surface area contributed by atoms with Crippen molar-refractivity contribution in [2.45, 2.75) is 47.1 Å². The number of nitrogens with two attached hydrogens (primary N) is 1. The number of rotatable bonds is 2. The number of hydrogen-bond donors (Lipinski definition) is 1. The molecule has 0 aliphatic carbocycles. The summed E-state index contributed by atoms with van der Waals surface area (Å²) >= 11 is 0. The first-order chi connectivity index (χ1) is 7.29. The van der Waals surface area contributed by atoms with Crippen molar-refractivity contribution in [2.75, 3.05) is 0 Å². The topological polar surface area (TPSA) is 26.0 Å². The first kappa shape index (κ1) is 13.1. The Kier molecular flexibility index (Phi) is 3.68. The molecule has 1 atom stereocenters. The highest BCUT2D eigenvalue weighted by Gasteiger charge is 2.23. The van der Waals surface area contributed by atoms with E-state index in [9.17, 15) is 8.78 Å². The molecule has 2 N–H and O–H groups in total. The summed E-state index contributed by atoms with van der Waals surface area (Å²) in [4.78, 5) is 0. The molecule has 1 nitrogen and oxygen atoms in total. The van der Waals surface area contributed by atoms with Gasteiger partial charge in [-0.2, -0.15) is 0 Å². The monoisotopic (exact) mass is 227 g/mol. The third-order valence-electron chi connectivity index (χ3n) is 3.66. The smallest absolute Gasteiger partial charge is 0.257 e. The Bertz CT molecular complexity index is 382. The van der Waals surface area contributed by atoms with Crippen LogP contribution >= 0.6 is 0 Å². The summed E-state index contributed by atoms with van der Waals surface area (Å²) in [5.41, 5.74) is 11.3. The van der Waals surface area contributed by atoms with Gasteiger partial charge in [-0.05, 0) is 68.0 Å². The Labute approximate surface area is 95.7 Å². The zero-order chi connectivity index (χ0) is 12.6. The maximum atomic E-state index is 12.7. The lowest BCUT2D eigenvalue weighted by Gasteiger charge is -2.22. The van der Waals surface area contributed by atoms with Gasteiger partial charge in [0, 0.05) is 0 Å². The molecule has 16 heavy (non-hydrogen) atoms. The molecule has 1 rings (SSSR count). The maximum Gasteiger partial charge on any atom is 0.257 e. The first-order valence-corrected chi connectivity index (χ1v) is 5.39. The summed E-state index contributed by atoms with van der Waals surface area (Å²) in [5, 5.41) is 0. The predicted molar refractivity (Wildman–Crippen MR) is 63.1 cm³/mol. The summed E-state index contributed by atoms with van der Waals surface area (Å²) in [5.74, 6) is 0. The second kappa shape index (κ2) is 4.50. The molecule has 0 saturated carbocycles. The molecule has 0 spiro atoms. The molecule has 0 unspecified atom stereocenters. The van der Waals surface area contributed by atoms with Gasteiger partial charge in [-0.25, -0.2) is 8.78 Å². The fourth-order valence-corrected chi connectivity index (χ4v) is 2.15. The van der Waals surface area contributed by atoms with E-state index in [1.165, 1.54) is 5.56 Å². The van der Waals surface area contributed by atoms with Crippen molar-refractivity contribution >= 4 is 0 Å². The lowest BCUT2D eigenvalue weighted by molar-refractivity contribution is 0.116. The van der Waals surface area contributed by atoms with Gasteiger partial charge in [0.2, 0.25) is 0 Å². The van der Waals surface area contributed by atoms with Crippen molar-refractivity contribution in [1.29, 1.82) is 0 Å². The fourth-order valence-electron chi connectivity index (χ4n) is 2.15. The number of hydrogen-bond acceptors (Lipinski definition) is 1. The molecular formula is C13H19F2N. The molecule has 0 aliphatic rings. The lowest BCUT2D eigenvalue weighted by Crippen LogP contribution is -2.22. The lowest BCUT2D eigenvalue weighted by atomic mass is 9.86. The third kappa shape index (κ3) is 1.96. The Morgan fingerprint density at radius 3 is 1.38 bits per heavy atom. The average Bonchev–Trinajstić information content (AvgIpc) is 2.23. The van der Waals surface area contributed by atoms with Crippen LogP contribution in [0.3, 0.4) is 0 Å². The molecule has 0 aliphatic heterocycles. The Hall–Kier alpha value is -0.960. The van der Waals surface area contributed by atoms with Crippen molar-refractivity contribution in [3.8, 4) is 0 Å². The quantitative estimate of drug-likeness (QED) is 0.822. The van der Waals surface area contributed by atoms with Gasteiger partial charge >= 0.3 is 0 Å². The number of benzene rings is 1. The minimum absolute atomic E-state index is 0.607. The molecule has 1 aromatic carbocycles. The minimum atomic E-state index is -2.51. The molecule has 3 heteroatoms. The van der Waals surface area contributed by atoms with E-state index in [0.29, 0.717) is 5.56 Å². The molecule has 0 aromatic heterocycles. The summed E-state index contributed by atoms with van der Waals surface area (Å²) in [6.45, 7) is 9.67. The van der Waals surface area contributed by atoms with Crippen molar-refractivity contribution in [3.05, 3.63) is 33.4 Å². The predicted octanol–water partition coefficient (Wildman–Crippen LogP) is 3.49. The van der Waals surface area contributed by atoms with Crippen LogP contribution in [0, 0.1) is 34.6 Å². The van der Waals surface area contributed by atoms with Gasteiger partial charge in [0.25, 0.3) is 6.43 Å². The second-order valence-corrected chi connectivity index (χ2v) is 4.40. The molecule has 0 radical (unpaired) electrons. The van der Waals surface area contributed by atoms with Crippen molar-refractivity contribution in [3.63, 3.8) is 0 Å². The SMILES string of the molecule is Cc1c(C)c(C)c([C@H](N)C(F)F)c(C)c1C. The standard InChI is InChI=1S/C13H19F2N/c1-6-7(2)9(4)11(10(5)8(6)3)12(16)13(14)15/h12-13H,16H2,1-5H3/t12-/m0/s1. The van der Waals surface area contributed by atoms with E-state index in [0.717, 1.165) is 22.3 Å². The van der Waals surface area contributed by atoms with Crippen LogP contribution in [-0.4, -0.2) is 6.43 Å². The van der Waals surface area contributed by atoms with Gasteiger partial charge in [-0.15, -0.1) is 0 Å². The first-order valence-electron chi connectivity index (χ1n) is 5.39. The van der Waals surface area contributed by atoms with Crippen molar-refractivity contribution in [2.24, 2.45) is 5.73 Å². The van der Waals surface area contributed by atoms with Crippen LogP contribution in [0.4, 0.5) is 8.78 Å². The number of halogens is 2. The van der Waals surface area contributed by atoms with Crippen LogP contribution in [0.2, 0.25) is 0 Å². The van der Waals surface area contributed by atoms with E-state index < -0.39 is 12.5 Å². The normalized spacial score (nSPS) is 13.3. The highest BCUT2D eigenvalue weighted by atomic mass is 19.3. The molecule has 90 valence electrons. The van der Waals surface area contributed by atoms with Gasteiger partial charge in [0.05, 0.1) is 6.04 Å². The Balaban J connectivity index is 3.51. The zero-order valence-electron chi connectivity index (χ0n) is 10.5. The minimum Gasteiger partial charge on any atom is -0.319 e. The molecule has 1 aromatic rings. The highest BCUT2D eigenvalue weighted by Crippen LogP contribution is 2.31.